The van der Waals surface area contributed by atoms with E-state index in [1.807, 2.05) is 36.9 Å². The molecule has 0 saturated heterocycles. The van der Waals surface area contributed by atoms with Gasteiger partial charge < -0.3 is 5.32 Å². The molecule has 1 N–H and O–H groups in total. The summed E-state index contributed by atoms with van der Waals surface area (Å²) >= 11 is 6.96. The SMILES string of the molecule is CNc1nnc(-c2cc(Br)ccc2Br)n1C. The van der Waals surface area contributed by atoms with E-state index < -0.39 is 0 Å². The summed E-state index contributed by atoms with van der Waals surface area (Å²) in [5.74, 6) is 1.56. The van der Waals surface area contributed by atoms with E-state index in [-0.39, 0.29) is 0 Å². The van der Waals surface area contributed by atoms with E-state index in [0.29, 0.717) is 0 Å². The van der Waals surface area contributed by atoms with Crippen molar-refractivity contribution in [2.75, 3.05) is 12.4 Å². The molecule has 0 atom stereocenters. The number of rotatable bonds is 2. The third-order valence-electron chi connectivity index (χ3n) is 2.27. The van der Waals surface area contributed by atoms with E-state index in [0.717, 1.165) is 26.3 Å². The second kappa shape index (κ2) is 4.55. The lowest BCUT2D eigenvalue weighted by Gasteiger charge is -2.05. The van der Waals surface area contributed by atoms with Gasteiger partial charge >= 0.3 is 0 Å². The molecule has 16 heavy (non-hydrogen) atoms. The summed E-state index contributed by atoms with van der Waals surface area (Å²) in [6.45, 7) is 0. The van der Waals surface area contributed by atoms with Crippen LogP contribution in [-0.4, -0.2) is 21.8 Å². The average molecular weight is 346 g/mol. The molecule has 84 valence electrons. The molecule has 1 aromatic heterocycles. The van der Waals surface area contributed by atoms with E-state index in [4.69, 9.17) is 0 Å². The van der Waals surface area contributed by atoms with E-state index in [9.17, 15) is 0 Å². The van der Waals surface area contributed by atoms with Crippen molar-refractivity contribution in [1.29, 1.82) is 0 Å². The predicted octanol–water partition coefficient (Wildman–Crippen LogP) is 3.05. The summed E-state index contributed by atoms with van der Waals surface area (Å²) < 4.78 is 3.92. The number of aromatic nitrogens is 3. The van der Waals surface area contributed by atoms with Crippen LogP contribution in [0, 0.1) is 0 Å². The van der Waals surface area contributed by atoms with Crippen molar-refractivity contribution in [2.24, 2.45) is 7.05 Å². The van der Waals surface area contributed by atoms with E-state index >= 15 is 0 Å². The van der Waals surface area contributed by atoms with Gasteiger partial charge in [-0.1, -0.05) is 31.9 Å². The van der Waals surface area contributed by atoms with Gasteiger partial charge in [0.1, 0.15) is 0 Å². The lowest BCUT2D eigenvalue weighted by molar-refractivity contribution is 0.924. The second-order valence-corrected chi connectivity index (χ2v) is 5.05. The maximum atomic E-state index is 4.16. The normalized spacial score (nSPS) is 10.5. The highest BCUT2D eigenvalue weighted by molar-refractivity contribution is 9.11. The molecule has 1 heterocycles. The fourth-order valence-electron chi connectivity index (χ4n) is 1.45. The Balaban J connectivity index is 2.58. The maximum Gasteiger partial charge on any atom is 0.224 e. The van der Waals surface area contributed by atoms with Gasteiger partial charge in [0.15, 0.2) is 5.82 Å². The van der Waals surface area contributed by atoms with Crippen LogP contribution in [0.25, 0.3) is 11.4 Å². The number of anilines is 1. The Hall–Kier alpha value is -0.880. The molecule has 1 aromatic carbocycles. The molecule has 6 heteroatoms. The Morgan fingerprint density at radius 2 is 2.00 bits per heavy atom. The number of halogens is 2. The van der Waals surface area contributed by atoms with Crippen molar-refractivity contribution >= 4 is 37.8 Å². The Morgan fingerprint density at radius 1 is 1.25 bits per heavy atom. The first kappa shape index (κ1) is 11.6. The minimum Gasteiger partial charge on any atom is -0.357 e. The number of benzene rings is 1. The first-order valence-corrected chi connectivity index (χ1v) is 6.24. The largest absolute Gasteiger partial charge is 0.357 e. The third-order valence-corrected chi connectivity index (χ3v) is 3.45. The number of nitrogens with zero attached hydrogens (tertiary/aromatic N) is 3. The highest BCUT2D eigenvalue weighted by atomic mass is 79.9. The molecule has 0 unspecified atom stereocenters. The summed E-state index contributed by atoms with van der Waals surface area (Å²) in [5.41, 5.74) is 1.01. The number of hydrogen-bond donors (Lipinski definition) is 1. The number of nitrogens with one attached hydrogen (secondary N) is 1. The van der Waals surface area contributed by atoms with Crippen LogP contribution < -0.4 is 5.32 Å². The van der Waals surface area contributed by atoms with Crippen molar-refractivity contribution in [1.82, 2.24) is 14.8 Å². The number of hydrogen-bond acceptors (Lipinski definition) is 3. The molecular formula is C10H10Br2N4. The van der Waals surface area contributed by atoms with Gasteiger partial charge in [-0.3, -0.25) is 4.57 Å². The van der Waals surface area contributed by atoms with Gasteiger partial charge in [0.2, 0.25) is 5.95 Å². The van der Waals surface area contributed by atoms with Crippen molar-refractivity contribution in [2.45, 2.75) is 0 Å². The minimum absolute atomic E-state index is 0.738. The molecule has 0 spiro atoms. The molecule has 0 aliphatic carbocycles. The zero-order chi connectivity index (χ0) is 11.7. The fraction of sp³-hybridized carbons (Fsp3) is 0.200. The molecule has 2 aromatic rings. The van der Waals surface area contributed by atoms with Gasteiger partial charge in [0, 0.05) is 28.6 Å². The highest BCUT2D eigenvalue weighted by Crippen LogP contribution is 2.30. The highest BCUT2D eigenvalue weighted by Gasteiger charge is 2.12. The standard InChI is InChI=1S/C10H10Br2N4/c1-13-10-15-14-9(16(10)2)7-5-6(11)3-4-8(7)12/h3-5H,1-2H3,(H,13,15). The van der Waals surface area contributed by atoms with E-state index in [1.54, 1.807) is 0 Å². The molecule has 2 rings (SSSR count). The predicted molar refractivity (Wildman–Crippen MR) is 71.4 cm³/mol. The van der Waals surface area contributed by atoms with Crippen LogP contribution in [0.15, 0.2) is 27.1 Å². The Labute approximate surface area is 110 Å². The Morgan fingerprint density at radius 3 is 2.62 bits per heavy atom. The molecule has 0 aliphatic heterocycles. The van der Waals surface area contributed by atoms with Crippen molar-refractivity contribution in [3.63, 3.8) is 0 Å². The second-order valence-electron chi connectivity index (χ2n) is 3.28. The van der Waals surface area contributed by atoms with Crippen LogP contribution in [0.1, 0.15) is 0 Å². The van der Waals surface area contributed by atoms with Gasteiger partial charge in [0.05, 0.1) is 0 Å². The van der Waals surface area contributed by atoms with Crippen LogP contribution in [0.4, 0.5) is 5.95 Å². The van der Waals surface area contributed by atoms with Gasteiger partial charge in [-0.25, -0.2) is 0 Å². The topological polar surface area (TPSA) is 42.7 Å². The van der Waals surface area contributed by atoms with Crippen LogP contribution in [0.5, 0.6) is 0 Å². The zero-order valence-corrected chi connectivity index (χ0v) is 12.0. The van der Waals surface area contributed by atoms with Gasteiger partial charge in [-0.05, 0) is 18.2 Å². The van der Waals surface area contributed by atoms with Crippen LogP contribution >= 0.6 is 31.9 Å². The first-order valence-electron chi connectivity index (χ1n) is 4.66. The lowest BCUT2D eigenvalue weighted by atomic mass is 10.2. The average Bonchev–Trinajstić information content (AvgIpc) is 2.63. The zero-order valence-electron chi connectivity index (χ0n) is 8.83. The van der Waals surface area contributed by atoms with Gasteiger partial charge in [-0.2, -0.15) is 0 Å². The quantitative estimate of drug-likeness (QED) is 0.909. The molecule has 0 amide bonds. The van der Waals surface area contributed by atoms with Crippen LogP contribution in [0.3, 0.4) is 0 Å². The smallest absolute Gasteiger partial charge is 0.224 e. The molecule has 0 aliphatic rings. The first-order chi connectivity index (χ1) is 7.63. The van der Waals surface area contributed by atoms with Crippen LogP contribution in [0.2, 0.25) is 0 Å². The molecule has 4 nitrogen and oxygen atoms in total. The maximum absolute atomic E-state index is 4.16. The summed E-state index contributed by atoms with van der Waals surface area (Å²) in [5, 5.41) is 11.2. The van der Waals surface area contributed by atoms with Crippen molar-refractivity contribution in [3.8, 4) is 11.4 Å². The molecule has 0 bridgehead atoms. The monoisotopic (exact) mass is 344 g/mol. The van der Waals surface area contributed by atoms with Crippen molar-refractivity contribution in [3.05, 3.63) is 27.1 Å². The fourth-order valence-corrected chi connectivity index (χ4v) is 2.24. The molecular weight excluding hydrogens is 336 g/mol. The Bertz CT molecular complexity index is 522. The third kappa shape index (κ3) is 1.99. The van der Waals surface area contributed by atoms with Gasteiger partial charge in [-0.15, -0.1) is 10.2 Å². The Kier molecular flexibility index (Phi) is 3.30. The summed E-state index contributed by atoms with van der Waals surface area (Å²) in [7, 11) is 3.75. The minimum atomic E-state index is 0.738. The summed E-state index contributed by atoms with van der Waals surface area (Å²) in [4.78, 5) is 0. The molecule has 0 fully saturated rings. The van der Waals surface area contributed by atoms with Gasteiger partial charge in [0.25, 0.3) is 0 Å². The van der Waals surface area contributed by atoms with Crippen molar-refractivity contribution < 1.29 is 0 Å². The lowest BCUT2D eigenvalue weighted by Crippen LogP contribution is -2.00. The van der Waals surface area contributed by atoms with E-state index in [1.165, 1.54) is 0 Å². The van der Waals surface area contributed by atoms with Crippen LogP contribution in [-0.2, 0) is 7.05 Å². The molecule has 0 saturated carbocycles. The summed E-state index contributed by atoms with van der Waals surface area (Å²) in [6, 6.07) is 5.96. The summed E-state index contributed by atoms with van der Waals surface area (Å²) in [6.07, 6.45) is 0. The molecule has 0 radical (unpaired) electrons. The van der Waals surface area contributed by atoms with E-state index in [2.05, 4.69) is 47.4 Å².